The highest BCUT2D eigenvalue weighted by molar-refractivity contribution is 5.76. The molecule has 4 nitrogen and oxygen atoms in total. The molecular formula is C14H19NO3. The summed E-state index contributed by atoms with van der Waals surface area (Å²) >= 11 is 0. The molecule has 0 heterocycles. The second-order valence-corrected chi connectivity index (χ2v) is 5.05. The van der Waals surface area contributed by atoms with Gasteiger partial charge in [0.1, 0.15) is 5.75 Å². The molecule has 0 aliphatic heterocycles. The molecule has 1 saturated carbocycles. The topological polar surface area (TPSA) is 83.5 Å². The molecule has 18 heavy (non-hydrogen) atoms. The number of nitrogens with two attached hydrogens (primary N) is 1. The molecule has 0 spiro atoms. The van der Waals surface area contributed by atoms with E-state index in [1.54, 1.807) is 18.2 Å². The van der Waals surface area contributed by atoms with Crippen LogP contribution in [0.4, 0.5) is 0 Å². The van der Waals surface area contributed by atoms with E-state index in [0.29, 0.717) is 12.8 Å². The summed E-state index contributed by atoms with van der Waals surface area (Å²) in [6.45, 7) is 0.287. The fourth-order valence-corrected chi connectivity index (χ4v) is 3.14. The van der Waals surface area contributed by atoms with Gasteiger partial charge in [0.25, 0.3) is 0 Å². The number of rotatable bonds is 4. The molecule has 1 aliphatic rings. The van der Waals surface area contributed by atoms with Gasteiger partial charge in [-0.1, -0.05) is 25.0 Å². The molecule has 4 N–H and O–H groups in total. The Labute approximate surface area is 106 Å². The zero-order valence-corrected chi connectivity index (χ0v) is 10.3. The number of aromatic hydroxyl groups is 1. The van der Waals surface area contributed by atoms with E-state index >= 15 is 0 Å². The number of carboxylic acid groups (broad SMARTS) is 1. The predicted octanol–water partition coefficient (Wildman–Crippen LogP) is 2.08. The normalized spacial score (nSPS) is 19.6. The SMILES string of the molecule is NC[C@H](c1cccc(O)c1)C1(C(=O)O)CCCC1. The van der Waals surface area contributed by atoms with E-state index in [1.165, 1.54) is 0 Å². The van der Waals surface area contributed by atoms with Gasteiger partial charge in [0.15, 0.2) is 0 Å². The molecular weight excluding hydrogens is 230 g/mol. The van der Waals surface area contributed by atoms with Gasteiger partial charge in [0.05, 0.1) is 5.41 Å². The summed E-state index contributed by atoms with van der Waals surface area (Å²) in [4.78, 5) is 11.7. The van der Waals surface area contributed by atoms with Crippen LogP contribution in [0.5, 0.6) is 5.75 Å². The second kappa shape index (κ2) is 4.98. The standard InChI is InChI=1S/C14H19NO3/c15-9-12(10-4-3-5-11(16)8-10)14(13(17)18)6-1-2-7-14/h3-5,8,12,16H,1-2,6-7,9,15H2,(H,17,18)/t12-/m1/s1. The quantitative estimate of drug-likeness (QED) is 0.762. The number of phenols is 1. The number of carbonyl (C=O) groups is 1. The fraction of sp³-hybridized carbons (Fsp3) is 0.500. The fourth-order valence-electron chi connectivity index (χ4n) is 3.14. The number of hydrogen-bond donors (Lipinski definition) is 3. The molecule has 1 aromatic carbocycles. The molecule has 0 saturated heterocycles. The van der Waals surface area contributed by atoms with Crippen molar-refractivity contribution in [3.8, 4) is 5.75 Å². The van der Waals surface area contributed by atoms with Gasteiger partial charge in [-0.15, -0.1) is 0 Å². The van der Waals surface area contributed by atoms with Crippen LogP contribution in [-0.4, -0.2) is 22.7 Å². The molecule has 1 atom stereocenters. The van der Waals surface area contributed by atoms with E-state index in [1.807, 2.05) is 6.07 Å². The molecule has 1 aliphatic carbocycles. The monoisotopic (exact) mass is 249 g/mol. The average molecular weight is 249 g/mol. The van der Waals surface area contributed by atoms with Crippen LogP contribution in [0.3, 0.4) is 0 Å². The Bertz CT molecular complexity index is 438. The molecule has 0 amide bonds. The van der Waals surface area contributed by atoms with Crippen LogP contribution >= 0.6 is 0 Å². The van der Waals surface area contributed by atoms with Crippen LogP contribution in [0.15, 0.2) is 24.3 Å². The van der Waals surface area contributed by atoms with E-state index in [9.17, 15) is 15.0 Å². The summed E-state index contributed by atoms with van der Waals surface area (Å²) in [6, 6.07) is 6.79. The first-order valence-electron chi connectivity index (χ1n) is 6.32. The highest BCUT2D eigenvalue weighted by atomic mass is 16.4. The third-order valence-corrected chi connectivity index (χ3v) is 4.10. The van der Waals surface area contributed by atoms with Gasteiger partial charge >= 0.3 is 5.97 Å². The number of aliphatic carboxylic acids is 1. The smallest absolute Gasteiger partial charge is 0.310 e. The molecule has 4 heteroatoms. The first-order valence-corrected chi connectivity index (χ1v) is 6.32. The van der Waals surface area contributed by atoms with E-state index in [2.05, 4.69) is 0 Å². The van der Waals surface area contributed by atoms with Crippen LogP contribution < -0.4 is 5.73 Å². The predicted molar refractivity (Wildman–Crippen MR) is 68.4 cm³/mol. The van der Waals surface area contributed by atoms with Crippen LogP contribution in [0.25, 0.3) is 0 Å². The molecule has 2 rings (SSSR count). The van der Waals surface area contributed by atoms with Crippen molar-refractivity contribution in [2.75, 3.05) is 6.54 Å². The summed E-state index contributed by atoms with van der Waals surface area (Å²) in [5.41, 5.74) is 5.87. The van der Waals surface area contributed by atoms with Crippen LogP contribution in [0.2, 0.25) is 0 Å². The lowest BCUT2D eigenvalue weighted by molar-refractivity contribution is -0.150. The van der Waals surface area contributed by atoms with Crippen LogP contribution in [0.1, 0.15) is 37.2 Å². The number of benzene rings is 1. The molecule has 0 aromatic heterocycles. The van der Waals surface area contributed by atoms with Gasteiger partial charge in [0, 0.05) is 12.5 Å². The lowest BCUT2D eigenvalue weighted by Gasteiger charge is -2.33. The number of phenolic OH excluding ortho intramolecular Hbond substituents is 1. The Hall–Kier alpha value is -1.55. The average Bonchev–Trinajstić information content (AvgIpc) is 2.81. The van der Waals surface area contributed by atoms with Gasteiger partial charge in [-0.2, -0.15) is 0 Å². The van der Waals surface area contributed by atoms with E-state index in [0.717, 1.165) is 18.4 Å². The lowest BCUT2D eigenvalue weighted by Crippen LogP contribution is -2.38. The Kier molecular flexibility index (Phi) is 3.57. The maximum atomic E-state index is 11.7. The summed E-state index contributed by atoms with van der Waals surface area (Å²) in [6.07, 6.45) is 3.20. The van der Waals surface area contributed by atoms with Crippen molar-refractivity contribution in [2.24, 2.45) is 11.1 Å². The van der Waals surface area contributed by atoms with Crippen molar-refractivity contribution in [1.82, 2.24) is 0 Å². The molecule has 0 bridgehead atoms. The lowest BCUT2D eigenvalue weighted by atomic mass is 9.70. The molecule has 1 aromatic rings. The van der Waals surface area contributed by atoms with Crippen molar-refractivity contribution < 1.29 is 15.0 Å². The minimum Gasteiger partial charge on any atom is -0.508 e. The zero-order chi connectivity index (χ0) is 13.2. The van der Waals surface area contributed by atoms with E-state index in [4.69, 9.17) is 5.73 Å². The Balaban J connectivity index is 2.40. The summed E-state index contributed by atoms with van der Waals surface area (Å²) in [7, 11) is 0. The van der Waals surface area contributed by atoms with Gasteiger partial charge in [-0.05, 0) is 30.5 Å². The van der Waals surface area contributed by atoms with Crippen molar-refractivity contribution in [3.05, 3.63) is 29.8 Å². The van der Waals surface area contributed by atoms with E-state index < -0.39 is 11.4 Å². The van der Waals surface area contributed by atoms with Crippen LogP contribution in [0, 0.1) is 5.41 Å². The number of hydrogen-bond acceptors (Lipinski definition) is 3. The van der Waals surface area contributed by atoms with Crippen molar-refractivity contribution in [1.29, 1.82) is 0 Å². The van der Waals surface area contributed by atoms with Gasteiger partial charge in [0.2, 0.25) is 0 Å². The van der Waals surface area contributed by atoms with Crippen LogP contribution in [-0.2, 0) is 4.79 Å². The van der Waals surface area contributed by atoms with Crippen molar-refractivity contribution in [3.63, 3.8) is 0 Å². The minimum absolute atomic E-state index is 0.157. The van der Waals surface area contributed by atoms with Gasteiger partial charge in [-0.3, -0.25) is 4.79 Å². The first kappa shape index (κ1) is 12.9. The second-order valence-electron chi connectivity index (χ2n) is 5.05. The maximum Gasteiger partial charge on any atom is 0.310 e. The molecule has 98 valence electrons. The largest absolute Gasteiger partial charge is 0.508 e. The molecule has 0 unspecified atom stereocenters. The Morgan fingerprint density at radius 1 is 1.39 bits per heavy atom. The van der Waals surface area contributed by atoms with E-state index in [-0.39, 0.29) is 18.2 Å². The number of carboxylic acids is 1. The minimum atomic E-state index is -0.765. The Morgan fingerprint density at radius 3 is 2.56 bits per heavy atom. The highest BCUT2D eigenvalue weighted by Gasteiger charge is 2.47. The summed E-state index contributed by atoms with van der Waals surface area (Å²) in [5, 5.41) is 19.1. The maximum absolute atomic E-state index is 11.7. The van der Waals surface area contributed by atoms with Gasteiger partial charge < -0.3 is 15.9 Å². The van der Waals surface area contributed by atoms with Gasteiger partial charge in [-0.25, -0.2) is 0 Å². The third-order valence-electron chi connectivity index (χ3n) is 4.10. The summed E-state index contributed by atoms with van der Waals surface area (Å²) < 4.78 is 0. The first-order chi connectivity index (χ1) is 8.60. The molecule has 1 fully saturated rings. The highest BCUT2D eigenvalue weighted by Crippen LogP contribution is 2.49. The Morgan fingerprint density at radius 2 is 2.06 bits per heavy atom. The third kappa shape index (κ3) is 2.08. The summed E-state index contributed by atoms with van der Waals surface area (Å²) in [5.74, 6) is -0.840. The van der Waals surface area contributed by atoms with Crippen molar-refractivity contribution in [2.45, 2.75) is 31.6 Å². The zero-order valence-electron chi connectivity index (χ0n) is 10.3. The van der Waals surface area contributed by atoms with Crippen molar-refractivity contribution >= 4 is 5.97 Å². The molecule has 0 radical (unpaired) electrons.